The summed E-state index contributed by atoms with van der Waals surface area (Å²) in [6, 6.07) is 6.00. The number of benzene rings is 1. The fraction of sp³-hybridized carbons (Fsp3) is 0.0625. The van der Waals surface area contributed by atoms with Gasteiger partial charge in [0, 0.05) is 19.4 Å². The van der Waals surface area contributed by atoms with Crippen LogP contribution in [0.1, 0.15) is 5.56 Å². The predicted octanol–water partition coefficient (Wildman–Crippen LogP) is 3.38. The molecular formula is C16H12ClN3O3S. The van der Waals surface area contributed by atoms with Gasteiger partial charge in [0.25, 0.3) is 5.91 Å². The molecule has 6 nitrogen and oxygen atoms in total. The minimum Gasteiger partial charge on any atom is -0.504 e. The van der Waals surface area contributed by atoms with E-state index in [1.54, 1.807) is 31.5 Å². The number of likely N-dealkylation sites (N-methyl/N-ethyl adjacent to an activating group) is 1. The van der Waals surface area contributed by atoms with Gasteiger partial charge < -0.3 is 10.2 Å². The van der Waals surface area contributed by atoms with Crippen LogP contribution in [0.15, 0.2) is 46.6 Å². The topological polar surface area (TPSA) is 86.0 Å². The van der Waals surface area contributed by atoms with Crippen molar-refractivity contribution in [3.8, 4) is 11.5 Å². The third-order valence-corrected chi connectivity index (χ3v) is 4.62. The highest BCUT2D eigenvalue weighted by molar-refractivity contribution is 8.18. The highest BCUT2D eigenvalue weighted by Crippen LogP contribution is 2.35. The van der Waals surface area contributed by atoms with Gasteiger partial charge in [0.15, 0.2) is 16.7 Å². The van der Waals surface area contributed by atoms with Crippen LogP contribution in [0.5, 0.6) is 11.5 Å². The summed E-state index contributed by atoms with van der Waals surface area (Å²) in [6.07, 6.45) is 4.68. The van der Waals surface area contributed by atoms with E-state index < -0.39 is 0 Å². The van der Waals surface area contributed by atoms with Crippen molar-refractivity contribution >= 4 is 46.2 Å². The van der Waals surface area contributed by atoms with Crippen molar-refractivity contribution < 1.29 is 15.0 Å². The number of aromatic nitrogens is 1. The summed E-state index contributed by atoms with van der Waals surface area (Å²) in [7, 11) is 1.62. The Morgan fingerprint density at radius 2 is 2.08 bits per heavy atom. The molecule has 1 amide bonds. The number of nitrogens with zero attached hydrogens (tertiary/aromatic N) is 3. The zero-order chi connectivity index (χ0) is 17.3. The highest BCUT2D eigenvalue weighted by Gasteiger charge is 2.30. The molecule has 24 heavy (non-hydrogen) atoms. The van der Waals surface area contributed by atoms with Gasteiger partial charge in [-0.15, -0.1) is 0 Å². The summed E-state index contributed by atoms with van der Waals surface area (Å²) in [4.78, 5) is 22.5. The van der Waals surface area contributed by atoms with Crippen LogP contribution in [0.3, 0.4) is 0 Å². The molecule has 0 atom stereocenters. The number of aromatic hydroxyl groups is 2. The quantitative estimate of drug-likeness (QED) is 0.632. The van der Waals surface area contributed by atoms with E-state index >= 15 is 0 Å². The zero-order valence-electron chi connectivity index (χ0n) is 12.5. The van der Waals surface area contributed by atoms with Crippen LogP contribution in [0.2, 0.25) is 5.02 Å². The molecule has 0 radical (unpaired) electrons. The number of amides is 1. The number of halogens is 1. The van der Waals surface area contributed by atoms with Crippen LogP contribution in [-0.2, 0) is 4.79 Å². The number of carbonyl (C=O) groups excluding carboxylic acids is 1. The first-order valence-corrected chi connectivity index (χ1v) is 8.03. The van der Waals surface area contributed by atoms with E-state index in [1.165, 1.54) is 35.0 Å². The summed E-state index contributed by atoms with van der Waals surface area (Å²) in [5.41, 5.74) is 1.12. The van der Waals surface area contributed by atoms with E-state index in [1.807, 2.05) is 0 Å². The number of carbonyl (C=O) groups is 1. The minimum absolute atomic E-state index is 0.212. The van der Waals surface area contributed by atoms with Crippen LogP contribution >= 0.6 is 23.4 Å². The number of hydrogen-bond donors (Lipinski definition) is 2. The van der Waals surface area contributed by atoms with Gasteiger partial charge in [-0.3, -0.25) is 14.7 Å². The molecule has 2 heterocycles. The first-order valence-electron chi connectivity index (χ1n) is 6.83. The van der Waals surface area contributed by atoms with Gasteiger partial charge in [0.2, 0.25) is 0 Å². The molecule has 0 unspecified atom stereocenters. The molecule has 1 aromatic carbocycles. The van der Waals surface area contributed by atoms with Crippen molar-refractivity contribution in [3.05, 3.63) is 52.2 Å². The van der Waals surface area contributed by atoms with E-state index in [9.17, 15) is 15.0 Å². The molecule has 0 bridgehead atoms. The maximum atomic E-state index is 12.3. The number of aliphatic imine (C=N–C) groups is 1. The molecule has 1 aliphatic rings. The maximum Gasteiger partial charge on any atom is 0.266 e. The third kappa shape index (κ3) is 3.22. The Hall–Kier alpha value is -2.51. The van der Waals surface area contributed by atoms with Crippen LogP contribution in [-0.4, -0.2) is 38.2 Å². The summed E-state index contributed by atoms with van der Waals surface area (Å²) >= 11 is 7.24. The number of rotatable bonds is 2. The van der Waals surface area contributed by atoms with Gasteiger partial charge in [0.1, 0.15) is 0 Å². The molecule has 1 aromatic heterocycles. The number of phenols is 2. The van der Waals surface area contributed by atoms with E-state index in [2.05, 4.69) is 9.98 Å². The van der Waals surface area contributed by atoms with Crippen LogP contribution in [0, 0.1) is 0 Å². The Bertz CT molecular complexity index is 883. The van der Waals surface area contributed by atoms with Crippen molar-refractivity contribution in [1.29, 1.82) is 0 Å². The van der Waals surface area contributed by atoms with Gasteiger partial charge in [-0.1, -0.05) is 17.7 Å². The van der Waals surface area contributed by atoms with Gasteiger partial charge in [-0.05, 0) is 41.6 Å². The molecule has 2 N–H and O–H groups in total. The molecular weight excluding hydrogens is 350 g/mol. The summed E-state index contributed by atoms with van der Waals surface area (Å²) in [5, 5.41) is 19.8. The first-order chi connectivity index (χ1) is 11.5. The highest BCUT2D eigenvalue weighted by atomic mass is 35.5. The fourth-order valence-electron chi connectivity index (χ4n) is 1.99. The van der Waals surface area contributed by atoms with Crippen molar-refractivity contribution in [2.75, 3.05) is 7.05 Å². The Labute approximate surface area is 147 Å². The third-order valence-electron chi connectivity index (χ3n) is 3.27. The molecule has 3 rings (SSSR count). The molecule has 0 spiro atoms. The van der Waals surface area contributed by atoms with E-state index in [4.69, 9.17) is 11.6 Å². The van der Waals surface area contributed by atoms with Crippen molar-refractivity contribution in [2.45, 2.75) is 0 Å². The number of pyridine rings is 1. The van der Waals surface area contributed by atoms with Gasteiger partial charge in [-0.2, -0.15) is 0 Å². The van der Waals surface area contributed by atoms with Crippen molar-refractivity contribution in [2.24, 2.45) is 4.99 Å². The Morgan fingerprint density at radius 1 is 1.29 bits per heavy atom. The Kier molecular flexibility index (Phi) is 4.46. The van der Waals surface area contributed by atoms with Crippen molar-refractivity contribution in [1.82, 2.24) is 9.88 Å². The lowest BCUT2D eigenvalue weighted by atomic mass is 10.2. The number of amidine groups is 1. The molecule has 8 heteroatoms. The fourth-order valence-corrected chi connectivity index (χ4v) is 3.14. The van der Waals surface area contributed by atoms with Gasteiger partial charge >= 0.3 is 0 Å². The van der Waals surface area contributed by atoms with Crippen molar-refractivity contribution in [3.63, 3.8) is 0 Å². The lowest BCUT2D eigenvalue weighted by Crippen LogP contribution is -2.23. The molecule has 0 aliphatic carbocycles. The number of thioether (sulfide) groups is 1. The monoisotopic (exact) mass is 361 g/mol. The maximum absolute atomic E-state index is 12.3. The average molecular weight is 362 g/mol. The van der Waals surface area contributed by atoms with Crippen LogP contribution in [0.25, 0.3) is 6.08 Å². The molecule has 0 saturated carbocycles. The van der Waals surface area contributed by atoms with E-state index in [-0.39, 0.29) is 17.4 Å². The van der Waals surface area contributed by atoms with Gasteiger partial charge in [-0.25, -0.2) is 4.99 Å². The summed E-state index contributed by atoms with van der Waals surface area (Å²) in [5.74, 6) is -0.670. The Morgan fingerprint density at radius 3 is 2.79 bits per heavy atom. The van der Waals surface area contributed by atoms with E-state index in [0.29, 0.717) is 26.3 Å². The Balaban J connectivity index is 1.93. The zero-order valence-corrected chi connectivity index (χ0v) is 14.0. The van der Waals surface area contributed by atoms with Crippen LogP contribution < -0.4 is 0 Å². The lowest BCUT2D eigenvalue weighted by Gasteiger charge is -2.07. The standard InChI is InChI=1S/C16H12ClN3O3S/c1-20-15(23)14(7-9-2-3-12(21)13(22)6-9)24-16(20)19-11-4-5-18-8-10(11)17/h2-8,21-22H,1H3/b14-7-,19-16?. The predicted molar refractivity (Wildman–Crippen MR) is 94.5 cm³/mol. The first kappa shape index (κ1) is 16.4. The molecule has 1 aliphatic heterocycles. The minimum atomic E-state index is -0.245. The second-order valence-corrected chi connectivity index (χ2v) is 6.36. The van der Waals surface area contributed by atoms with Crippen LogP contribution in [0.4, 0.5) is 5.69 Å². The molecule has 2 aromatic rings. The smallest absolute Gasteiger partial charge is 0.266 e. The second kappa shape index (κ2) is 6.54. The molecule has 1 fully saturated rings. The largest absolute Gasteiger partial charge is 0.504 e. The summed E-state index contributed by atoms with van der Waals surface area (Å²) < 4.78 is 0. The molecule has 122 valence electrons. The lowest BCUT2D eigenvalue weighted by molar-refractivity contribution is -0.121. The molecule has 1 saturated heterocycles. The second-order valence-electron chi connectivity index (χ2n) is 4.94. The number of phenolic OH excluding ortho intramolecular Hbond substituents is 2. The summed E-state index contributed by atoms with van der Waals surface area (Å²) in [6.45, 7) is 0. The SMILES string of the molecule is CN1C(=O)/C(=C/c2ccc(O)c(O)c2)SC1=Nc1ccncc1Cl. The normalized spacial score (nSPS) is 17.9. The number of hydrogen-bond acceptors (Lipinski definition) is 6. The average Bonchev–Trinajstić information content (AvgIpc) is 2.81. The van der Waals surface area contributed by atoms with E-state index in [0.717, 1.165) is 0 Å². The van der Waals surface area contributed by atoms with Gasteiger partial charge in [0.05, 0.1) is 15.6 Å².